The van der Waals surface area contributed by atoms with Gasteiger partial charge in [-0.15, -0.1) is 0 Å². The Hall–Kier alpha value is -1.04. The fraction of sp³-hybridized carbons (Fsp3) is 0.579. The molecule has 0 radical (unpaired) electrons. The molecule has 0 spiro atoms. The van der Waals surface area contributed by atoms with Crippen LogP contribution in [0.25, 0.3) is 5.57 Å². The van der Waals surface area contributed by atoms with Crippen molar-refractivity contribution in [3.05, 3.63) is 41.5 Å². The lowest BCUT2D eigenvalue weighted by atomic mass is 9.95. The van der Waals surface area contributed by atoms with Gasteiger partial charge in [0.25, 0.3) is 0 Å². The standard InChI is InChI=1S/C19H28/c1-3-5-7-11-16-15-17(12-8-6-4-2)19-14-10-9-13-18(16)19/h9-10,13-16H,3-8,11-12H2,1-2H3. The minimum Gasteiger partial charge on any atom is -0.0732 e. The van der Waals surface area contributed by atoms with E-state index in [9.17, 15) is 0 Å². The van der Waals surface area contributed by atoms with Crippen LogP contribution in [-0.2, 0) is 0 Å². The van der Waals surface area contributed by atoms with E-state index in [4.69, 9.17) is 0 Å². The van der Waals surface area contributed by atoms with Gasteiger partial charge in [0, 0.05) is 5.92 Å². The fourth-order valence-electron chi connectivity index (χ4n) is 3.17. The maximum Gasteiger partial charge on any atom is 0.00300 e. The molecule has 0 saturated heterocycles. The highest BCUT2D eigenvalue weighted by Gasteiger charge is 2.21. The number of rotatable bonds is 8. The molecule has 104 valence electrons. The van der Waals surface area contributed by atoms with Crippen molar-refractivity contribution in [2.75, 3.05) is 0 Å². The lowest BCUT2D eigenvalue weighted by Crippen LogP contribution is -1.93. The van der Waals surface area contributed by atoms with Crippen LogP contribution in [0.5, 0.6) is 0 Å². The van der Waals surface area contributed by atoms with Crippen molar-refractivity contribution in [3.63, 3.8) is 0 Å². The van der Waals surface area contributed by atoms with Gasteiger partial charge in [0.15, 0.2) is 0 Å². The van der Waals surface area contributed by atoms with E-state index in [0.29, 0.717) is 5.92 Å². The summed E-state index contributed by atoms with van der Waals surface area (Å²) < 4.78 is 0. The van der Waals surface area contributed by atoms with Gasteiger partial charge in [0.2, 0.25) is 0 Å². The molecule has 0 heteroatoms. The molecule has 1 aromatic carbocycles. The number of unbranched alkanes of at least 4 members (excludes halogenated alkanes) is 4. The highest BCUT2D eigenvalue weighted by atomic mass is 14.3. The second kappa shape index (κ2) is 7.53. The Morgan fingerprint density at radius 1 is 0.895 bits per heavy atom. The zero-order valence-corrected chi connectivity index (χ0v) is 12.6. The quantitative estimate of drug-likeness (QED) is 0.477. The van der Waals surface area contributed by atoms with E-state index in [2.05, 4.69) is 44.2 Å². The molecule has 0 aliphatic heterocycles. The molecule has 19 heavy (non-hydrogen) atoms. The zero-order valence-electron chi connectivity index (χ0n) is 12.6. The predicted molar refractivity (Wildman–Crippen MR) is 85.4 cm³/mol. The third-order valence-electron chi connectivity index (χ3n) is 4.28. The maximum absolute atomic E-state index is 2.57. The SMILES string of the molecule is CCCCCC1=CC(CCCCC)c2ccccc21. The van der Waals surface area contributed by atoms with Crippen LogP contribution in [0.2, 0.25) is 0 Å². The smallest absolute Gasteiger partial charge is 0.00300 e. The first-order valence-electron chi connectivity index (χ1n) is 8.16. The lowest BCUT2D eigenvalue weighted by molar-refractivity contribution is 0.632. The van der Waals surface area contributed by atoms with Gasteiger partial charge in [-0.05, 0) is 36.0 Å². The molecule has 0 N–H and O–H groups in total. The van der Waals surface area contributed by atoms with Crippen LogP contribution in [0.15, 0.2) is 30.3 Å². The monoisotopic (exact) mass is 256 g/mol. The second-order valence-electron chi connectivity index (χ2n) is 5.84. The van der Waals surface area contributed by atoms with Crippen molar-refractivity contribution < 1.29 is 0 Å². The van der Waals surface area contributed by atoms with E-state index < -0.39 is 0 Å². The molecule has 0 nitrogen and oxygen atoms in total. The molecule has 1 aliphatic rings. The van der Waals surface area contributed by atoms with E-state index in [1.807, 2.05) is 0 Å². The lowest BCUT2D eigenvalue weighted by Gasteiger charge is -2.10. The van der Waals surface area contributed by atoms with E-state index in [0.717, 1.165) is 0 Å². The summed E-state index contributed by atoms with van der Waals surface area (Å²) in [6.45, 7) is 4.57. The number of fused-ring (bicyclic) bond motifs is 1. The largest absolute Gasteiger partial charge is 0.0732 e. The van der Waals surface area contributed by atoms with Crippen molar-refractivity contribution in [2.45, 2.75) is 71.1 Å². The van der Waals surface area contributed by atoms with Crippen LogP contribution < -0.4 is 0 Å². The maximum atomic E-state index is 2.57. The molecule has 0 aromatic heterocycles. The fourth-order valence-corrected chi connectivity index (χ4v) is 3.17. The van der Waals surface area contributed by atoms with Gasteiger partial charge < -0.3 is 0 Å². The number of hydrogen-bond donors (Lipinski definition) is 0. The van der Waals surface area contributed by atoms with Crippen molar-refractivity contribution >= 4 is 5.57 Å². The Morgan fingerprint density at radius 2 is 1.63 bits per heavy atom. The topological polar surface area (TPSA) is 0 Å². The number of hydrogen-bond acceptors (Lipinski definition) is 0. The summed E-state index contributed by atoms with van der Waals surface area (Å²) in [5, 5.41) is 0. The first-order chi connectivity index (χ1) is 9.36. The normalized spacial score (nSPS) is 17.4. The van der Waals surface area contributed by atoms with Crippen LogP contribution in [0.1, 0.15) is 82.3 Å². The van der Waals surface area contributed by atoms with Crippen molar-refractivity contribution in [1.82, 2.24) is 0 Å². The average molecular weight is 256 g/mol. The Balaban J connectivity index is 2.03. The van der Waals surface area contributed by atoms with Crippen LogP contribution in [0.4, 0.5) is 0 Å². The van der Waals surface area contributed by atoms with Crippen molar-refractivity contribution in [2.24, 2.45) is 0 Å². The minimum atomic E-state index is 0.694. The Kier molecular flexibility index (Phi) is 5.69. The molecule has 1 atom stereocenters. The van der Waals surface area contributed by atoms with Crippen LogP contribution in [0, 0.1) is 0 Å². The highest BCUT2D eigenvalue weighted by Crippen LogP contribution is 2.40. The molecular weight excluding hydrogens is 228 g/mol. The van der Waals surface area contributed by atoms with Crippen LogP contribution >= 0.6 is 0 Å². The zero-order chi connectivity index (χ0) is 13.5. The molecule has 0 saturated carbocycles. The summed E-state index contributed by atoms with van der Waals surface area (Å²) >= 11 is 0. The molecular formula is C19H28. The van der Waals surface area contributed by atoms with E-state index in [1.54, 1.807) is 16.7 Å². The minimum absolute atomic E-state index is 0.694. The van der Waals surface area contributed by atoms with Gasteiger partial charge in [0.1, 0.15) is 0 Å². The van der Waals surface area contributed by atoms with Crippen molar-refractivity contribution in [3.8, 4) is 0 Å². The first-order valence-corrected chi connectivity index (χ1v) is 8.16. The third kappa shape index (κ3) is 3.72. The summed E-state index contributed by atoms with van der Waals surface area (Å²) in [5.74, 6) is 0.694. The summed E-state index contributed by atoms with van der Waals surface area (Å²) in [7, 11) is 0. The average Bonchev–Trinajstić information content (AvgIpc) is 2.79. The van der Waals surface area contributed by atoms with E-state index in [-0.39, 0.29) is 0 Å². The molecule has 0 bridgehead atoms. The highest BCUT2D eigenvalue weighted by molar-refractivity contribution is 5.74. The molecule has 1 aliphatic carbocycles. The molecule has 2 rings (SSSR count). The number of benzene rings is 1. The van der Waals surface area contributed by atoms with Crippen LogP contribution in [-0.4, -0.2) is 0 Å². The summed E-state index contributed by atoms with van der Waals surface area (Å²) in [5.41, 5.74) is 4.75. The van der Waals surface area contributed by atoms with Crippen molar-refractivity contribution in [1.29, 1.82) is 0 Å². The Bertz CT molecular complexity index is 414. The first kappa shape index (κ1) is 14.4. The molecule has 0 fully saturated rings. The second-order valence-corrected chi connectivity index (χ2v) is 5.84. The molecule has 1 aromatic rings. The molecule has 1 unspecified atom stereocenters. The molecule has 0 heterocycles. The molecule has 0 amide bonds. The Morgan fingerprint density at radius 3 is 2.42 bits per heavy atom. The van der Waals surface area contributed by atoms with Gasteiger partial charge in [-0.3, -0.25) is 0 Å². The van der Waals surface area contributed by atoms with Gasteiger partial charge in [0.05, 0.1) is 0 Å². The van der Waals surface area contributed by atoms with Gasteiger partial charge in [-0.2, -0.15) is 0 Å². The summed E-state index contributed by atoms with van der Waals surface area (Å²) in [6.07, 6.45) is 13.3. The van der Waals surface area contributed by atoms with Gasteiger partial charge >= 0.3 is 0 Å². The Labute approximate surface area is 118 Å². The van der Waals surface area contributed by atoms with Gasteiger partial charge in [-0.1, -0.05) is 76.3 Å². The predicted octanol–water partition coefficient (Wildman–Crippen LogP) is 6.33. The van der Waals surface area contributed by atoms with E-state index >= 15 is 0 Å². The summed E-state index contributed by atoms with van der Waals surface area (Å²) in [6, 6.07) is 9.07. The number of allylic oxidation sites excluding steroid dienone is 2. The van der Waals surface area contributed by atoms with E-state index in [1.165, 1.54) is 51.4 Å². The van der Waals surface area contributed by atoms with Crippen LogP contribution in [0.3, 0.4) is 0 Å². The summed E-state index contributed by atoms with van der Waals surface area (Å²) in [4.78, 5) is 0. The van der Waals surface area contributed by atoms with Gasteiger partial charge in [-0.25, -0.2) is 0 Å². The third-order valence-corrected chi connectivity index (χ3v) is 4.28.